The average Bonchev–Trinajstić information content (AvgIpc) is 2.96. The number of rotatable bonds is 20. The van der Waals surface area contributed by atoms with Gasteiger partial charge in [-0.15, -0.1) is 12.3 Å². The van der Waals surface area contributed by atoms with Crippen molar-refractivity contribution in [3.05, 3.63) is 127 Å². The van der Waals surface area contributed by atoms with Crippen molar-refractivity contribution in [3.8, 4) is 12.3 Å². The van der Waals surface area contributed by atoms with E-state index >= 15 is 0 Å². The van der Waals surface area contributed by atoms with Gasteiger partial charge in [-0.05, 0) is 73.3 Å². The fraction of sp³-hybridized carbons (Fsp3) is 0.400. The predicted octanol–water partition coefficient (Wildman–Crippen LogP) is 10.1. The topological polar surface area (TPSA) is 26.0 Å². The maximum absolute atomic E-state index is 6.48. The zero-order chi connectivity index (χ0) is 30.3. The molecule has 0 aliphatic heterocycles. The van der Waals surface area contributed by atoms with Gasteiger partial charge in [0.25, 0.3) is 0 Å². The minimum absolute atomic E-state index is 0.192. The first-order valence-corrected chi connectivity index (χ1v) is 15.9. The second-order valence-electron chi connectivity index (χ2n) is 11.5. The first-order valence-electron chi connectivity index (χ1n) is 15.9. The van der Waals surface area contributed by atoms with Gasteiger partial charge in [0.2, 0.25) is 0 Å². The van der Waals surface area contributed by atoms with Crippen LogP contribution in [0.4, 0.5) is 0 Å². The molecule has 0 heterocycles. The summed E-state index contributed by atoms with van der Waals surface area (Å²) in [5, 5.41) is 0. The molecule has 0 saturated carbocycles. The van der Waals surface area contributed by atoms with Gasteiger partial charge in [0, 0.05) is 6.42 Å². The van der Waals surface area contributed by atoms with Crippen LogP contribution < -0.4 is 5.73 Å². The van der Waals surface area contributed by atoms with E-state index in [1.54, 1.807) is 17.7 Å². The highest BCUT2D eigenvalue weighted by Gasteiger charge is 2.20. The molecule has 0 amide bonds. The Morgan fingerprint density at radius 3 is 2.50 bits per heavy atom. The molecule has 1 aliphatic carbocycles. The van der Waals surface area contributed by atoms with Gasteiger partial charge in [-0.25, -0.2) is 0 Å². The van der Waals surface area contributed by atoms with Crippen molar-refractivity contribution in [1.29, 1.82) is 0 Å². The molecule has 2 rings (SSSR count). The molecule has 1 aliphatic rings. The van der Waals surface area contributed by atoms with Gasteiger partial charge in [-0.3, -0.25) is 0 Å². The number of allylic oxidation sites excluding steroid dienone is 13. The van der Waals surface area contributed by atoms with Gasteiger partial charge in [0.15, 0.2) is 0 Å². The van der Waals surface area contributed by atoms with E-state index in [0.29, 0.717) is 12.3 Å². The fourth-order valence-electron chi connectivity index (χ4n) is 5.60. The summed E-state index contributed by atoms with van der Waals surface area (Å²) in [4.78, 5) is 0. The molecule has 1 aromatic carbocycles. The van der Waals surface area contributed by atoms with E-state index in [2.05, 4.69) is 98.0 Å². The summed E-state index contributed by atoms with van der Waals surface area (Å²) in [7, 11) is 6.48. The maximum atomic E-state index is 6.48. The summed E-state index contributed by atoms with van der Waals surface area (Å²) >= 11 is 0. The molecule has 0 spiro atoms. The van der Waals surface area contributed by atoms with Crippen molar-refractivity contribution in [2.24, 2.45) is 17.6 Å². The molecule has 1 nitrogen and oxygen atoms in total. The van der Waals surface area contributed by atoms with Crippen LogP contribution in [-0.2, 0) is 6.42 Å². The Bertz CT molecular complexity index is 1130. The second-order valence-corrected chi connectivity index (χ2v) is 11.5. The summed E-state index contributed by atoms with van der Waals surface area (Å²) in [6, 6.07) is 8.41. The van der Waals surface area contributed by atoms with E-state index in [1.807, 2.05) is 12.2 Å². The lowest BCUT2D eigenvalue weighted by molar-refractivity contribution is 0.438. The summed E-state index contributed by atoms with van der Waals surface area (Å²) in [5.41, 5.74) is 9.87. The molecular weight excluding hydrogens is 505 g/mol. The Morgan fingerprint density at radius 1 is 1.00 bits per heavy atom. The molecule has 0 bridgehead atoms. The Labute approximate surface area is 259 Å². The van der Waals surface area contributed by atoms with Gasteiger partial charge >= 0.3 is 0 Å². The Morgan fingerprint density at radius 2 is 1.74 bits per heavy atom. The third-order valence-corrected chi connectivity index (χ3v) is 7.89. The van der Waals surface area contributed by atoms with E-state index in [0.717, 1.165) is 38.5 Å². The molecule has 2 unspecified atom stereocenters. The lowest BCUT2D eigenvalue weighted by Gasteiger charge is -2.28. The van der Waals surface area contributed by atoms with Crippen molar-refractivity contribution in [2.45, 2.75) is 88.9 Å². The quantitative estimate of drug-likeness (QED) is 0.0734. The lowest BCUT2D eigenvalue weighted by Crippen LogP contribution is -2.41. The standard InChI is InChI=1S/C40H52BN/c1-4-7-24-35(25-8-5-2)34-40(41,42)33-22-13-9-10-15-26-38-27-16-11-12-17-28-39(38)30-19-14-18-29-37-32-21-20-31-36(37)23-6-3/h3-5,7-8,11-12,16-18,20-21,24-25,28-29,31-32,35,38H,1-2,9-10,13-15,19,22-23,26-27,30,33-34,42H2/b16-11-,17-12-,24-7-,25-8-,29-18+,39-28?. The van der Waals surface area contributed by atoms with Crippen LogP contribution >= 0.6 is 0 Å². The molecule has 2 N–H and O–H groups in total. The highest BCUT2D eigenvalue weighted by atomic mass is 14.7. The SMILES string of the molecule is [B]C(N)(CCCCCCCC1C/C=C\C=C/C=C1CCC/C=C/c1ccccc1CC#C)CC(/C=C\C=C)/C=C\C=C. The second kappa shape index (κ2) is 21.4. The molecule has 0 aromatic heterocycles. The summed E-state index contributed by atoms with van der Waals surface area (Å²) in [6.45, 7) is 7.53. The van der Waals surface area contributed by atoms with E-state index < -0.39 is 5.44 Å². The number of terminal acetylenes is 1. The van der Waals surface area contributed by atoms with Gasteiger partial charge < -0.3 is 5.73 Å². The maximum Gasteiger partial charge on any atom is 0.0950 e. The van der Waals surface area contributed by atoms with Gasteiger partial charge in [-0.1, -0.05) is 154 Å². The van der Waals surface area contributed by atoms with Crippen LogP contribution in [0.25, 0.3) is 6.08 Å². The molecule has 0 fully saturated rings. The Balaban J connectivity index is 1.73. The highest BCUT2D eigenvalue weighted by molar-refractivity contribution is 6.15. The van der Waals surface area contributed by atoms with Crippen LogP contribution in [0.3, 0.4) is 0 Å². The molecule has 2 atom stereocenters. The van der Waals surface area contributed by atoms with Crippen LogP contribution in [0.2, 0.25) is 0 Å². The molecule has 0 saturated heterocycles. The number of unbranched alkanes of at least 4 members (excludes halogenated alkanes) is 5. The monoisotopic (exact) mass is 557 g/mol. The molecular formula is C40H52BN. The van der Waals surface area contributed by atoms with Gasteiger partial charge in [0.1, 0.15) is 0 Å². The minimum atomic E-state index is -0.666. The number of hydrogen-bond acceptors (Lipinski definition) is 1. The zero-order valence-electron chi connectivity index (χ0n) is 25.8. The first-order chi connectivity index (χ1) is 20.5. The van der Waals surface area contributed by atoms with E-state index in [9.17, 15) is 0 Å². The molecule has 2 radical (unpaired) electrons. The van der Waals surface area contributed by atoms with Gasteiger partial charge in [-0.2, -0.15) is 0 Å². The van der Waals surface area contributed by atoms with Crippen molar-refractivity contribution >= 4 is 13.9 Å². The number of hydrogen-bond donors (Lipinski definition) is 1. The summed E-state index contributed by atoms with van der Waals surface area (Å²) in [6.07, 6.45) is 47.0. The van der Waals surface area contributed by atoms with Gasteiger partial charge in [0.05, 0.1) is 7.85 Å². The predicted molar refractivity (Wildman–Crippen MR) is 188 cm³/mol. The lowest BCUT2D eigenvalue weighted by atomic mass is 9.69. The van der Waals surface area contributed by atoms with Crippen LogP contribution in [0, 0.1) is 24.2 Å². The van der Waals surface area contributed by atoms with E-state index in [-0.39, 0.29) is 5.92 Å². The summed E-state index contributed by atoms with van der Waals surface area (Å²) in [5.74, 6) is 3.59. The smallest absolute Gasteiger partial charge is 0.0950 e. The van der Waals surface area contributed by atoms with Crippen molar-refractivity contribution in [3.63, 3.8) is 0 Å². The third-order valence-electron chi connectivity index (χ3n) is 7.89. The normalized spacial score (nSPS) is 18.4. The van der Waals surface area contributed by atoms with Crippen molar-refractivity contribution in [1.82, 2.24) is 0 Å². The number of benzene rings is 1. The van der Waals surface area contributed by atoms with Crippen LogP contribution in [0.1, 0.15) is 88.2 Å². The van der Waals surface area contributed by atoms with Crippen molar-refractivity contribution < 1.29 is 0 Å². The zero-order valence-corrected chi connectivity index (χ0v) is 25.8. The molecule has 1 aromatic rings. The Hall–Kier alpha value is -3.28. The highest BCUT2D eigenvalue weighted by Crippen LogP contribution is 2.29. The van der Waals surface area contributed by atoms with Crippen LogP contribution in [-0.4, -0.2) is 13.3 Å². The third kappa shape index (κ3) is 15.1. The fourth-order valence-corrected chi connectivity index (χ4v) is 5.60. The van der Waals surface area contributed by atoms with Crippen LogP contribution in [0.5, 0.6) is 0 Å². The number of nitrogens with two attached hydrogens (primary N) is 1. The molecule has 42 heavy (non-hydrogen) atoms. The van der Waals surface area contributed by atoms with E-state index in [1.165, 1.54) is 49.7 Å². The Kier molecular flexibility index (Phi) is 17.8. The van der Waals surface area contributed by atoms with E-state index in [4.69, 9.17) is 20.0 Å². The molecule has 220 valence electrons. The van der Waals surface area contributed by atoms with Crippen LogP contribution in [0.15, 0.2) is 116 Å². The van der Waals surface area contributed by atoms with Crippen molar-refractivity contribution in [2.75, 3.05) is 0 Å². The summed E-state index contributed by atoms with van der Waals surface area (Å²) < 4.78 is 0. The minimum Gasteiger partial charge on any atom is -0.333 e. The molecule has 2 heteroatoms. The largest absolute Gasteiger partial charge is 0.333 e. The first kappa shape index (κ1) is 34.9. The average molecular weight is 558 g/mol.